The lowest BCUT2D eigenvalue weighted by Crippen LogP contribution is -2.45. The molecule has 5 rings (SSSR count). The van der Waals surface area contributed by atoms with Crippen molar-refractivity contribution < 1.29 is 14.3 Å². The van der Waals surface area contributed by atoms with Crippen LogP contribution in [0.15, 0.2) is 41.8 Å². The summed E-state index contributed by atoms with van der Waals surface area (Å²) in [4.78, 5) is 32.0. The van der Waals surface area contributed by atoms with Crippen molar-refractivity contribution in [1.82, 2.24) is 14.7 Å². The number of hydrogen-bond donors (Lipinski definition) is 0. The Morgan fingerprint density at radius 3 is 2.46 bits per heavy atom. The fourth-order valence-electron chi connectivity index (χ4n) is 5.02. The number of fused-ring (bicyclic) bond motifs is 1. The highest BCUT2D eigenvalue weighted by Gasteiger charge is 2.40. The van der Waals surface area contributed by atoms with Gasteiger partial charge in [-0.3, -0.25) is 14.5 Å². The van der Waals surface area contributed by atoms with Crippen molar-refractivity contribution >= 4 is 40.7 Å². The van der Waals surface area contributed by atoms with Gasteiger partial charge in [-0.1, -0.05) is 26.8 Å². The number of thiophene rings is 1. The monoisotopic (exact) mass is 538 g/mol. The molecule has 37 heavy (non-hydrogen) atoms. The van der Waals surface area contributed by atoms with Crippen molar-refractivity contribution in [3.8, 4) is 11.4 Å². The lowest BCUT2D eigenvalue weighted by molar-refractivity contribution is -0.132. The second-order valence-electron chi connectivity index (χ2n) is 10.6. The van der Waals surface area contributed by atoms with Crippen LogP contribution < -0.4 is 9.64 Å². The molecule has 0 aliphatic carbocycles. The lowest BCUT2D eigenvalue weighted by Gasteiger charge is -2.30. The van der Waals surface area contributed by atoms with Crippen LogP contribution >= 0.6 is 23.1 Å². The molecule has 0 bridgehead atoms. The van der Waals surface area contributed by atoms with Gasteiger partial charge in [0.1, 0.15) is 18.1 Å². The Morgan fingerprint density at radius 1 is 1.11 bits per heavy atom. The van der Waals surface area contributed by atoms with E-state index < -0.39 is 0 Å². The number of carbonyl (C=O) groups excluding carboxylic acids is 2. The summed E-state index contributed by atoms with van der Waals surface area (Å²) in [7, 11) is 1.64. The van der Waals surface area contributed by atoms with Crippen LogP contribution in [0.25, 0.3) is 5.69 Å². The number of rotatable bonds is 5. The second-order valence-corrected chi connectivity index (χ2v) is 12.6. The first-order chi connectivity index (χ1) is 17.8. The molecule has 1 unspecified atom stereocenters. The maximum absolute atomic E-state index is 13.7. The van der Waals surface area contributed by atoms with E-state index in [-0.39, 0.29) is 29.0 Å². The van der Waals surface area contributed by atoms with Crippen LogP contribution in [0, 0.1) is 0 Å². The van der Waals surface area contributed by atoms with Crippen LogP contribution in [0.4, 0.5) is 5.82 Å². The van der Waals surface area contributed by atoms with Crippen LogP contribution in [0.1, 0.15) is 61.4 Å². The highest BCUT2D eigenvalue weighted by Crippen LogP contribution is 2.49. The summed E-state index contributed by atoms with van der Waals surface area (Å²) in [6, 6.07) is 11.9. The van der Waals surface area contributed by atoms with E-state index in [2.05, 4.69) is 38.3 Å². The number of hydrogen-bond acceptors (Lipinski definition) is 6. The number of anilines is 1. The summed E-state index contributed by atoms with van der Waals surface area (Å²) < 4.78 is 7.24. The van der Waals surface area contributed by atoms with Gasteiger partial charge in [-0.15, -0.1) is 23.1 Å². The molecule has 2 aromatic heterocycles. The van der Waals surface area contributed by atoms with Gasteiger partial charge < -0.3 is 9.64 Å². The van der Waals surface area contributed by atoms with Gasteiger partial charge in [0.2, 0.25) is 11.8 Å². The van der Waals surface area contributed by atoms with E-state index in [4.69, 9.17) is 9.84 Å². The van der Waals surface area contributed by atoms with Crippen molar-refractivity contribution in [2.75, 3.05) is 37.4 Å². The predicted molar refractivity (Wildman–Crippen MR) is 150 cm³/mol. The van der Waals surface area contributed by atoms with Crippen molar-refractivity contribution in [2.45, 2.75) is 50.7 Å². The SMILES string of the molecule is COc1ccc(-n2nc(C(C)(C)C)c3c2N(CC(=O)N2CCCCC2)C(=O)CSC3c2cccs2)cc1. The van der Waals surface area contributed by atoms with Gasteiger partial charge >= 0.3 is 0 Å². The molecule has 0 radical (unpaired) electrons. The summed E-state index contributed by atoms with van der Waals surface area (Å²) in [6.07, 6.45) is 3.17. The molecule has 1 fully saturated rings. The zero-order valence-corrected chi connectivity index (χ0v) is 23.5. The number of amides is 2. The first kappa shape index (κ1) is 25.9. The minimum Gasteiger partial charge on any atom is -0.497 e. The molecule has 2 amide bonds. The second kappa shape index (κ2) is 10.5. The van der Waals surface area contributed by atoms with Crippen LogP contribution in [0.2, 0.25) is 0 Å². The number of aromatic nitrogens is 2. The van der Waals surface area contributed by atoms with E-state index in [0.29, 0.717) is 11.6 Å². The fraction of sp³-hybridized carbons (Fsp3) is 0.464. The normalized spacial score (nSPS) is 18.5. The van der Waals surface area contributed by atoms with Gasteiger partial charge in [-0.05, 0) is 55.0 Å². The molecule has 0 saturated carbocycles. The van der Waals surface area contributed by atoms with Gasteiger partial charge in [0.05, 0.1) is 29.5 Å². The molecule has 9 heteroatoms. The molecule has 2 aliphatic rings. The zero-order valence-electron chi connectivity index (χ0n) is 21.9. The number of methoxy groups -OCH3 is 1. The molecule has 7 nitrogen and oxygen atoms in total. The third-order valence-corrected chi connectivity index (χ3v) is 9.24. The average molecular weight is 539 g/mol. The largest absolute Gasteiger partial charge is 0.497 e. The summed E-state index contributed by atoms with van der Waals surface area (Å²) in [5, 5.41) is 7.17. The number of ether oxygens (including phenoxy) is 1. The number of thioether (sulfide) groups is 1. The summed E-state index contributed by atoms with van der Waals surface area (Å²) in [6.45, 7) is 7.99. The maximum Gasteiger partial charge on any atom is 0.242 e. The first-order valence-electron chi connectivity index (χ1n) is 12.8. The Morgan fingerprint density at radius 2 is 1.84 bits per heavy atom. The molecule has 1 saturated heterocycles. The number of benzene rings is 1. The molecule has 0 N–H and O–H groups in total. The smallest absolute Gasteiger partial charge is 0.242 e. The Kier molecular flexibility index (Phi) is 7.36. The van der Waals surface area contributed by atoms with E-state index in [1.165, 1.54) is 4.88 Å². The number of nitrogens with zero attached hydrogens (tertiary/aromatic N) is 4. The molecule has 1 atom stereocenters. The molecule has 3 aromatic rings. The van der Waals surface area contributed by atoms with Gasteiger partial charge in [0.25, 0.3) is 0 Å². The highest BCUT2D eigenvalue weighted by atomic mass is 32.2. The zero-order chi connectivity index (χ0) is 26.2. The van der Waals surface area contributed by atoms with E-state index in [1.807, 2.05) is 33.8 Å². The maximum atomic E-state index is 13.7. The Hall–Kier alpha value is -2.78. The van der Waals surface area contributed by atoms with E-state index in [9.17, 15) is 9.59 Å². The molecular weight excluding hydrogens is 504 g/mol. The van der Waals surface area contributed by atoms with Crippen LogP contribution in [-0.4, -0.2) is 59.0 Å². The first-order valence-corrected chi connectivity index (χ1v) is 14.7. The predicted octanol–water partition coefficient (Wildman–Crippen LogP) is 5.42. The summed E-state index contributed by atoms with van der Waals surface area (Å²) in [5.74, 6) is 1.69. The molecule has 0 spiro atoms. The average Bonchev–Trinajstić information content (AvgIpc) is 3.54. The topological polar surface area (TPSA) is 67.7 Å². The van der Waals surface area contributed by atoms with Gasteiger partial charge in [-0.25, -0.2) is 4.68 Å². The molecular formula is C28H34N4O3S2. The molecule has 4 heterocycles. The highest BCUT2D eigenvalue weighted by molar-refractivity contribution is 8.00. The summed E-state index contributed by atoms with van der Waals surface area (Å²) in [5.41, 5.74) is 2.52. The number of likely N-dealkylation sites (tertiary alicyclic amines) is 1. The fourth-order valence-corrected chi connectivity index (χ4v) is 7.20. The van der Waals surface area contributed by atoms with Crippen molar-refractivity contribution in [3.63, 3.8) is 0 Å². The van der Waals surface area contributed by atoms with Crippen LogP contribution in [0.5, 0.6) is 5.75 Å². The quantitative estimate of drug-likeness (QED) is 0.434. The van der Waals surface area contributed by atoms with Crippen molar-refractivity contribution in [1.29, 1.82) is 0 Å². The van der Waals surface area contributed by atoms with Gasteiger partial charge in [0, 0.05) is 28.9 Å². The van der Waals surface area contributed by atoms with Crippen molar-refractivity contribution in [2.24, 2.45) is 0 Å². The Labute approximate surface area is 226 Å². The minimum absolute atomic E-state index is 0.00152. The number of carbonyl (C=O) groups is 2. The third-order valence-electron chi connectivity index (χ3n) is 6.92. The minimum atomic E-state index is -0.270. The van der Waals surface area contributed by atoms with Crippen molar-refractivity contribution in [3.05, 3.63) is 57.9 Å². The third kappa shape index (κ3) is 5.16. The Balaban J connectivity index is 1.70. The number of piperidine rings is 1. The molecule has 1 aromatic carbocycles. The van der Waals surface area contributed by atoms with Crippen LogP contribution in [0.3, 0.4) is 0 Å². The van der Waals surface area contributed by atoms with E-state index in [0.717, 1.165) is 55.0 Å². The van der Waals surface area contributed by atoms with E-state index >= 15 is 0 Å². The van der Waals surface area contributed by atoms with Crippen LogP contribution in [-0.2, 0) is 15.0 Å². The standard InChI is InChI=1S/C28H34N4O3S2/c1-28(2,3)26-24-25(21-9-8-16-36-21)37-18-23(34)31(17-22(33)30-14-6-5-7-15-30)27(24)32(29-26)19-10-12-20(35-4)13-11-19/h8-13,16,25H,5-7,14-15,17-18H2,1-4H3. The summed E-state index contributed by atoms with van der Waals surface area (Å²) >= 11 is 3.32. The molecule has 196 valence electrons. The van der Waals surface area contributed by atoms with Gasteiger partial charge in [-0.2, -0.15) is 5.10 Å². The lowest BCUT2D eigenvalue weighted by atomic mass is 9.88. The Bertz CT molecular complexity index is 1260. The molecule has 2 aliphatic heterocycles. The van der Waals surface area contributed by atoms with E-state index in [1.54, 1.807) is 35.1 Å². The van der Waals surface area contributed by atoms with Gasteiger partial charge in [0.15, 0.2) is 0 Å².